The van der Waals surface area contributed by atoms with Gasteiger partial charge in [-0.05, 0) is 19.3 Å². The Morgan fingerprint density at radius 3 is 2.76 bits per heavy atom. The SMILES string of the molecule is C=CCCOCCN1CCNC(CC)(CC)C1. The summed E-state index contributed by atoms with van der Waals surface area (Å²) in [5, 5.41) is 3.68. The maximum Gasteiger partial charge on any atom is 0.0593 e. The summed E-state index contributed by atoms with van der Waals surface area (Å²) in [5.74, 6) is 0. The number of ether oxygens (including phenoxy) is 1. The van der Waals surface area contributed by atoms with Crippen LogP contribution in [0.2, 0.25) is 0 Å². The van der Waals surface area contributed by atoms with Crippen LogP contribution in [0, 0.1) is 0 Å². The molecule has 0 bridgehead atoms. The zero-order chi connectivity index (χ0) is 12.6. The van der Waals surface area contributed by atoms with Gasteiger partial charge in [0.25, 0.3) is 0 Å². The predicted molar refractivity (Wildman–Crippen MR) is 73.4 cm³/mol. The van der Waals surface area contributed by atoms with Gasteiger partial charge in [-0.15, -0.1) is 6.58 Å². The van der Waals surface area contributed by atoms with Crippen LogP contribution in [0.25, 0.3) is 0 Å². The minimum atomic E-state index is 0.333. The number of hydrogen-bond donors (Lipinski definition) is 1. The molecule has 0 saturated carbocycles. The summed E-state index contributed by atoms with van der Waals surface area (Å²) in [7, 11) is 0. The van der Waals surface area contributed by atoms with Crippen molar-refractivity contribution >= 4 is 0 Å². The Labute approximate surface area is 106 Å². The van der Waals surface area contributed by atoms with Gasteiger partial charge < -0.3 is 10.1 Å². The molecule has 1 saturated heterocycles. The fraction of sp³-hybridized carbons (Fsp3) is 0.857. The summed E-state index contributed by atoms with van der Waals surface area (Å²) >= 11 is 0. The van der Waals surface area contributed by atoms with E-state index in [2.05, 4.69) is 30.6 Å². The molecule has 3 heteroatoms. The zero-order valence-corrected chi connectivity index (χ0v) is 11.5. The van der Waals surface area contributed by atoms with Crippen molar-refractivity contribution in [3.8, 4) is 0 Å². The van der Waals surface area contributed by atoms with Crippen LogP contribution in [0.4, 0.5) is 0 Å². The first kappa shape index (κ1) is 14.7. The highest BCUT2D eigenvalue weighted by atomic mass is 16.5. The maximum atomic E-state index is 5.58. The van der Waals surface area contributed by atoms with Gasteiger partial charge in [-0.1, -0.05) is 19.9 Å². The third-order valence-corrected chi connectivity index (χ3v) is 3.83. The molecular formula is C14H28N2O. The smallest absolute Gasteiger partial charge is 0.0593 e. The van der Waals surface area contributed by atoms with Crippen molar-refractivity contribution in [1.29, 1.82) is 0 Å². The van der Waals surface area contributed by atoms with E-state index in [1.807, 2.05) is 6.08 Å². The minimum absolute atomic E-state index is 0.333. The topological polar surface area (TPSA) is 24.5 Å². The van der Waals surface area contributed by atoms with Gasteiger partial charge in [0.2, 0.25) is 0 Å². The second-order valence-electron chi connectivity index (χ2n) is 4.88. The lowest BCUT2D eigenvalue weighted by molar-refractivity contribution is 0.0713. The van der Waals surface area contributed by atoms with Crippen molar-refractivity contribution in [2.45, 2.75) is 38.6 Å². The fourth-order valence-electron chi connectivity index (χ4n) is 2.42. The van der Waals surface area contributed by atoms with Crippen molar-refractivity contribution in [2.75, 3.05) is 39.4 Å². The van der Waals surface area contributed by atoms with Crippen LogP contribution < -0.4 is 5.32 Å². The molecule has 1 fully saturated rings. The number of hydrogen-bond acceptors (Lipinski definition) is 3. The fourth-order valence-corrected chi connectivity index (χ4v) is 2.42. The largest absolute Gasteiger partial charge is 0.380 e. The van der Waals surface area contributed by atoms with Gasteiger partial charge in [-0.2, -0.15) is 0 Å². The van der Waals surface area contributed by atoms with Crippen LogP contribution in [0.5, 0.6) is 0 Å². The van der Waals surface area contributed by atoms with Gasteiger partial charge in [0.15, 0.2) is 0 Å². The molecule has 100 valence electrons. The Kier molecular flexibility index (Phi) is 6.78. The van der Waals surface area contributed by atoms with E-state index in [9.17, 15) is 0 Å². The molecule has 17 heavy (non-hydrogen) atoms. The third kappa shape index (κ3) is 4.78. The highest BCUT2D eigenvalue weighted by molar-refractivity contribution is 4.92. The number of piperazine rings is 1. The molecule has 3 nitrogen and oxygen atoms in total. The summed E-state index contributed by atoms with van der Waals surface area (Å²) < 4.78 is 5.58. The van der Waals surface area contributed by atoms with Crippen LogP contribution in [0.3, 0.4) is 0 Å². The Morgan fingerprint density at radius 1 is 1.35 bits per heavy atom. The van der Waals surface area contributed by atoms with Crippen LogP contribution in [0.1, 0.15) is 33.1 Å². The van der Waals surface area contributed by atoms with Crippen LogP contribution in [-0.4, -0.2) is 49.8 Å². The zero-order valence-electron chi connectivity index (χ0n) is 11.5. The molecule has 1 heterocycles. The van der Waals surface area contributed by atoms with Crippen molar-refractivity contribution in [1.82, 2.24) is 10.2 Å². The first-order chi connectivity index (χ1) is 8.26. The van der Waals surface area contributed by atoms with Crippen LogP contribution in [-0.2, 0) is 4.74 Å². The first-order valence-electron chi connectivity index (χ1n) is 6.92. The lowest BCUT2D eigenvalue weighted by Gasteiger charge is -2.43. The van der Waals surface area contributed by atoms with Gasteiger partial charge in [0.1, 0.15) is 0 Å². The quantitative estimate of drug-likeness (QED) is 0.519. The normalized spacial score (nSPS) is 20.4. The average molecular weight is 240 g/mol. The summed E-state index contributed by atoms with van der Waals surface area (Å²) in [6.07, 6.45) is 5.27. The number of nitrogens with zero attached hydrogens (tertiary/aromatic N) is 1. The van der Waals surface area contributed by atoms with E-state index < -0.39 is 0 Å². The summed E-state index contributed by atoms with van der Waals surface area (Å²) in [6.45, 7) is 14.4. The molecular weight excluding hydrogens is 212 g/mol. The van der Waals surface area contributed by atoms with E-state index in [-0.39, 0.29) is 0 Å². The Morgan fingerprint density at radius 2 is 2.12 bits per heavy atom. The van der Waals surface area contributed by atoms with Crippen LogP contribution >= 0.6 is 0 Å². The maximum absolute atomic E-state index is 5.58. The molecule has 0 aromatic carbocycles. The van der Waals surface area contributed by atoms with Crippen molar-refractivity contribution in [2.24, 2.45) is 0 Å². The molecule has 1 aliphatic heterocycles. The van der Waals surface area contributed by atoms with Gasteiger partial charge in [0, 0.05) is 31.7 Å². The van der Waals surface area contributed by atoms with Gasteiger partial charge in [-0.3, -0.25) is 4.90 Å². The van der Waals surface area contributed by atoms with E-state index in [1.165, 1.54) is 12.8 Å². The molecule has 0 amide bonds. The van der Waals surface area contributed by atoms with E-state index in [0.717, 1.165) is 45.8 Å². The second kappa shape index (κ2) is 7.85. The van der Waals surface area contributed by atoms with E-state index in [4.69, 9.17) is 4.74 Å². The summed E-state index contributed by atoms with van der Waals surface area (Å²) in [4.78, 5) is 2.53. The molecule has 1 aliphatic rings. The molecule has 0 atom stereocenters. The Balaban J connectivity index is 2.22. The van der Waals surface area contributed by atoms with Gasteiger partial charge >= 0.3 is 0 Å². The Hall–Kier alpha value is -0.380. The molecule has 0 aliphatic carbocycles. The third-order valence-electron chi connectivity index (χ3n) is 3.83. The molecule has 0 unspecified atom stereocenters. The van der Waals surface area contributed by atoms with Crippen molar-refractivity contribution in [3.05, 3.63) is 12.7 Å². The predicted octanol–water partition coefficient (Wildman–Crippen LogP) is 2.04. The molecule has 1 N–H and O–H groups in total. The minimum Gasteiger partial charge on any atom is -0.380 e. The summed E-state index contributed by atoms with van der Waals surface area (Å²) in [5.41, 5.74) is 0.333. The highest BCUT2D eigenvalue weighted by Crippen LogP contribution is 2.19. The number of rotatable bonds is 8. The van der Waals surface area contributed by atoms with E-state index in [1.54, 1.807) is 0 Å². The van der Waals surface area contributed by atoms with Crippen molar-refractivity contribution in [3.63, 3.8) is 0 Å². The van der Waals surface area contributed by atoms with Crippen molar-refractivity contribution < 1.29 is 4.74 Å². The first-order valence-corrected chi connectivity index (χ1v) is 6.92. The molecule has 0 spiro atoms. The lowest BCUT2D eigenvalue weighted by Crippen LogP contribution is -2.60. The van der Waals surface area contributed by atoms with Gasteiger partial charge in [0.05, 0.1) is 13.2 Å². The Bertz CT molecular complexity index is 214. The lowest BCUT2D eigenvalue weighted by atomic mass is 9.90. The monoisotopic (exact) mass is 240 g/mol. The van der Waals surface area contributed by atoms with Gasteiger partial charge in [-0.25, -0.2) is 0 Å². The average Bonchev–Trinajstić information content (AvgIpc) is 2.39. The highest BCUT2D eigenvalue weighted by Gasteiger charge is 2.31. The molecule has 0 radical (unpaired) electrons. The van der Waals surface area contributed by atoms with Crippen LogP contribution in [0.15, 0.2) is 12.7 Å². The second-order valence-corrected chi connectivity index (χ2v) is 4.88. The van der Waals surface area contributed by atoms with E-state index >= 15 is 0 Å². The summed E-state index contributed by atoms with van der Waals surface area (Å²) in [6, 6.07) is 0. The number of nitrogens with one attached hydrogen (secondary N) is 1. The van der Waals surface area contributed by atoms with E-state index in [0.29, 0.717) is 5.54 Å². The molecule has 1 rings (SSSR count). The molecule has 0 aromatic rings. The molecule has 0 aromatic heterocycles. The standard InChI is InChI=1S/C14H28N2O/c1-4-7-11-17-12-10-16-9-8-15-14(5-2,6-3)13-16/h4,15H,1,5-13H2,2-3H3.